The number of amidine groups is 1. The van der Waals surface area contributed by atoms with Crippen LogP contribution in [0.2, 0.25) is 0 Å². The molecule has 2 N–H and O–H groups in total. The normalized spacial score (nSPS) is 23.5. The molecule has 1 atom stereocenters. The summed E-state index contributed by atoms with van der Waals surface area (Å²) in [6, 6.07) is 11.6. The van der Waals surface area contributed by atoms with Gasteiger partial charge in [0.15, 0.2) is 11.9 Å². The van der Waals surface area contributed by atoms with Crippen molar-refractivity contribution >= 4 is 17.2 Å². The summed E-state index contributed by atoms with van der Waals surface area (Å²) in [7, 11) is 0. The van der Waals surface area contributed by atoms with Crippen LogP contribution in [0.5, 0.6) is 0 Å². The minimum Gasteiger partial charge on any atom is -0.341 e. The number of fused-ring (bicyclic) bond motifs is 1. The highest BCUT2D eigenvalue weighted by Gasteiger charge is 2.35. The van der Waals surface area contributed by atoms with Crippen LogP contribution in [0.15, 0.2) is 46.1 Å². The fraction of sp³-hybridized carbons (Fsp3) is 0.294. The second kappa shape index (κ2) is 5.71. The molecule has 24 heavy (non-hydrogen) atoms. The average Bonchev–Trinajstić information content (AvgIpc) is 3.32. The molecule has 7 nitrogen and oxygen atoms in total. The third-order valence-corrected chi connectivity index (χ3v) is 3.99. The van der Waals surface area contributed by atoms with E-state index >= 15 is 0 Å². The number of hydrazine groups is 1. The van der Waals surface area contributed by atoms with E-state index in [2.05, 4.69) is 27.9 Å². The van der Waals surface area contributed by atoms with Crippen molar-refractivity contribution in [3.8, 4) is 12.1 Å². The van der Waals surface area contributed by atoms with Crippen molar-refractivity contribution in [2.24, 2.45) is 9.98 Å². The van der Waals surface area contributed by atoms with Gasteiger partial charge in [0, 0.05) is 11.8 Å². The third-order valence-electron chi connectivity index (χ3n) is 3.99. The lowest BCUT2D eigenvalue weighted by Crippen LogP contribution is -2.52. The number of nitriles is 2. The molecule has 0 radical (unpaired) electrons. The van der Waals surface area contributed by atoms with Crippen LogP contribution in [0.1, 0.15) is 18.4 Å². The quantitative estimate of drug-likeness (QED) is 0.881. The number of nitrogens with zero attached hydrogens (tertiary/aromatic N) is 5. The van der Waals surface area contributed by atoms with Crippen molar-refractivity contribution in [2.75, 3.05) is 11.9 Å². The average molecular weight is 317 g/mol. The number of benzene rings is 1. The first kappa shape index (κ1) is 14.3. The summed E-state index contributed by atoms with van der Waals surface area (Å²) in [6.45, 7) is 0.438. The highest BCUT2D eigenvalue weighted by molar-refractivity contribution is 6.46. The minimum absolute atomic E-state index is 0.347. The van der Waals surface area contributed by atoms with E-state index in [1.54, 1.807) is 17.1 Å². The zero-order valence-corrected chi connectivity index (χ0v) is 12.9. The lowest BCUT2D eigenvalue weighted by molar-refractivity contribution is 0.328. The number of hydrogen-bond acceptors (Lipinski definition) is 7. The molecule has 2 heterocycles. The summed E-state index contributed by atoms with van der Waals surface area (Å²) in [5.41, 5.74) is 5.37. The summed E-state index contributed by atoms with van der Waals surface area (Å²) in [5.74, 6) is 1.44. The molecule has 7 heteroatoms. The highest BCUT2D eigenvalue weighted by Crippen LogP contribution is 2.26. The fourth-order valence-electron chi connectivity index (χ4n) is 2.66. The van der Waals surface area contributed by atoms with E-state index in [4.69, 9.17) is 10.3 Å². The standard InChI is InChI=1S/C17H15N7/c18-8-11-2-1-3-13(6-11)22-16-7-15(21-12-4-5-12)17-20-10-14(9-19)24(17)23-16/h1-3,6-7,12,14,22-23H,4-5,10H2. The summed E-state index contributed by atoms with van der Waals surface area (Å²) in [4.78, 5) is 9.16. The maximum atomic E-state index is 9.31. The third kappa shape index (κ3) is 2.68. The SMILES string of the molecule is N#Cc1cccc(NC2=CC(=NC3CC3)C3=NCC(C#N)N3N2)c1. The van der Waals surface area contributed by atoms with Crippen LogP contribution in [0.4, 0.5) is 5.69 Å². The summed E-state index contributed by atoms with van der Waals surface area (Å²) < 4.78 is 0. The van der Waals surface area contributed by atoms with Gasteiger partial charge in [0.1, 0.15) is 11.5 Å². The Morgan fingerprint density at radius 3 is 2.96 bits per heavy atom. The van der Waals surface area contributed by atoms with Gasteiger partial charge in [0.05, 0.1) is 30.3 Å². The molecule has 2 aliphatic heterocycles. The molecule has 1 aliphatic carbocycles. The fourth-order valence-corrected chi connectivity index (χ4v) is 2.66. The zero-order valence-electron chi connectivity index (χ0n) is 12.9. The number of rotatable bonds is 3. The molecule has 0 spiro atoms. The molecule has 4 rings (SSSR count). The van der Waals surface area contributed by atoms with Gasteiger partial charge < -0.3 is 5.32 Å². The van der Waals surface area contributed by atoms with Gasteiger partial charge in [-0.25, -0.2) is 5.01 Å². The summed E-state index contributed by atoms with van der Waals surface area (Å²) >= 11 is 0. The van der Waals surface area contributed by atoms with Gasteiger partial charge in [-0.3, -0.25) is 15.4 Å². The first-order chi connectivity index (χ1) is 11.8. The molecule has 1 unspecified atom stereocenters. The van der Waals surface area contributed by atoms with Gasteiger partial charge >= 0.3 is 0 Å². The Labute approximate surface area is 139 Å². The molecule has 3 aliphatic rings. The molecule has 1 aromatic rings. The van der Waals surface area contributed by atoms with Crippen LogP contribution in [-0.2, 0) is 0 Å². The summed E-state index contributed by atoms with van der Waals surface area (Å²) in [6.07, 6.45) is 4.12. The van der Waals surface area contributed by atoms with Crippen LogP contribution in [0.3, 0.4) is 0 Å². The monoisotopic (exact) mass is 317 g/mol. The van der Waals surface area contributed by atoms with Crippen molar-refractivity contribution in [3.05, 3.63) is 41.7 Å². The second-order valence-corrected chi connectivity index (χ2v) is 5.91. The molecule has 0 saturated heterocycles. The Morgan fingerprint density at radius 1 is 1.33 bits per heavy atom. The maximum absolute atomic E-state index is 9.31. The smallest absolute Gasteiger partial charge is 0.169 e. The van der Waals surface area contributed by atoms with Crippen LogP contribution >= 0.6 is 0 Å². The number of aliphatic imine (C=N–C) groups is 2. The van der Waals surface area contributed by atoms with E-state index in [0.29, 0.717) is 24.0 Å². The molecular formula is C17H15N7. The first-order valence-corrected chi connectivity index (χ1v) is 7.84. The Kier molecular flexibility index (Phi) is 3.40. The Morgan fingerprint density at radius 2 is 2.21 bits per heavy atom. The van der Waals surface area contributed by atoms with E-state index in [1.165, 1.54) is 0 Å². The molecular weight excluding hydrogens is 302 g/mol. The predicted molar refractivity (Wildman–Crippen MR) is 90.0 cm³/mol. The van der Waals surface area contributed by atoms with E-state index in [1.807, 2.05) is 18.2 Å². The molecule has 0 aromatic heterocycles. The van der Waals surface area contributed by atoms with E-state index in [9.17, 15) is 5.26 Å². The zero-order chi connectivity index (χ0) is 16.5. The van der Waals surface area contributed by atoms with Crippen molar-refractivity contribution in [1.82, 2.24) is 10.4 Å². The van der Waals surface area contributed by atoms with E-state index in [0.717, 1.165) is 30.1 Å². The highest BCUT2D eigenvalue weighted by atomic mass is 15.6. The predicted octanol–water partition coefficient (Wildman–Crippen LogP) is 1.54. The van der Waals surface area contributed by atoms with Gasteiger partial charge in [-0.15, -0.1) is 0 Å². The van der Waals surface area contributed by atoms with Crippen LogP contribution in [-0.4, -0.2) is 35.2 Å². The van der Waals surface area contributed by atoms with Gasteiger partial charge in [-0.1, -0.05) is 6.07 Å². The molecule has 1 fully saturated rings. The summed E-state index contributed by atoms with van der Waals surface area (Å²) in [5, 5.41) is 23.3. The van der Waals surface area contributed by atoms with Crippen LogP contribution < -0.4 is 10.7 Å². The topological polar surface area (TPSA) is 99.6 Å². The molecule has 0 bridgehead atoms. The van der Waals surface area contributed by atoms with E-state index in [-0.39, 0.29) is 6.04 Å². The second-order valence-electron chi connectivity index (χ2n) is 5.91. The number of hydrogen-bond donors (Lipinski definition) is 2. The van der Waals surface area contributed by atoms with Crippen LogP contribution in [0.25, 0.3) is 0 Å². The molecule has 118 valence electrons. The largest absolute Gasteiger partial charge is 0.341 e. The Bertz CT molecular complexity index is 848. The van der Waals surface area contributed by atoms with Crippen molar-refractivity contribution < 1.29 is 0 Å². The molecule has 1 aromatic carbocycles. The van der Waals surface area contributed by atoms with Gasteiger partial charge in [-0.05, 0) is 31.0 Å². The Balaban J connectivity index is 1.64. The number of nitrogens with one attached hydrogen (secondary N) is 2. The van der Waals surface area contributed by atoms with Crippen molar-refractivity contribution in [2.45, 2.75) is 24.9 Å². The van der Waals surface area contributed by atoms with Gasteiger partial charge in [0.25, 0.3) is 0 Å². The van der Waals surface area contributed by atoms with Crippen LogP contribution in [0, 0.1) is 22.7 Å². The number of anilines is 1. The minimum atomic E-state index is -0.347. The van der Waals surface area contributed by atoms with Crippen molar-refractivity contribution in [3.63, 3.8) is 0 Å². The lowest BCUT2D eigenvalue weighted by Gasteiger charge is -2.31. The Hall–Kier alpha value is -3.32. The van der Waals surface area contributed by atoms with Crippen molar-refractivity contribution in [1.29, 1.82) is 10.5 Å². The van der Waals surface area contributed by atoms with Gasteiger partial charge in [0.2, 0.25) is 0 Å². The maximum Gasteiger partial charge on any atom is 0.169 e. The van der Waals surface area contributed by atoms with E-state index < -0.39 is 0 Å². The lowest BCUT2D eigenvalue weighted by atomic mass is 10.2. The van der Waals surface area contributed by atoms with Gasteiger partial charge in [-0.2, -0.15) is 10.5 Å². The first-order valence-electron chi connectivity index (χ1n) is 7.84. The molecule has 1 saturated carbocycles. The molecule has 0 amide bonds.